The number of hydrogen-bond donors (Lipinski definition) is 2. The second-order valence-electron chi connectivity index (χ2n) is 6.12. The standard InChI is InChI=1S/C17H24FN3O3/c1-12(22)19-8-9-20-16(23)17(2)7-10-21(17)11-13-5-4-6-14(24-3)15(13)18/h4-6H,7-11H2,1-3H3,(H,19,22)(H,20,23). The average molecular weight is 337 g/mol. The molecule has 1 aliphatic heterocycles. The Labute approximate surface area is 141 Å². The van der Waals surface area contributed by atoms with Crippen LogP contribution in [0.2, 0.25) is 0 Å². The number of rotatable bonds is 7. The highest BCUT2D eigenvalue weighted by atomic mass is 19.1. The first-order chi connectivity index (χ1) is 11.4. The van der Waals surface area contributed by atoms with Crippen molar-refractivity contribution in [1.82, 2.24) is 15.5 Å². The zero-order valence-corrected chi connectivity index (χ0v) is 14.3. The summed E-state index contributed by atoms with van der Waals surface area (Å²) in [6.45, 7) is 5.11. The highest BCUT2D eigenvalue weighted by Crippen LogP contribution is 2.33. The molecule has 24 heavy (non-hydrogen) atoms. The molecule has 7 heteroatoms. The first-order valence-electron chi connectivity index (χ1n) is 7.97. The maximum Gasteiger partial charge on any atom is 0.240 e. The van der Waals surface area contributed by atoms with Gasteiger partial charge >= 0.3 is 0 Å². The molecule has 1 aromatic carbocycles. The number of halogens is 1. The summed E-state index contributed by atoms with van der Waals surface area (Å²) in [5.41, 5.74) is -0.155. The van der Waals surface area contributed by atoms with Crippen molar-refractivity contribution in [2.24, 2.45) is 0 Å². The molecule has 1 saturated heterocycles. The lowest BCUT2D eigenvalue weighted by Crippen LogP contribution is -2.65. The van der Waals surface area contributed by atoms with Crippen molar-refractivity contribution < 1.29 is 18.7 Å². The molecule has 0 bridgehead atoms. The van der Waals surface area contributed by atoms with E-state index in [0.717, 1.165) is 6.54 Å². The minimum atomic E-state index is -0.661. The Morgan fingerprint density at radius 2 is 2.04 bits per heavy atom. The molecule has 1 atom stereocenters. The van der Waals surface area contributed by atoms with Crippen LogP contribution in [-0.2, 0) is 16.1 Å². The number of hydrogen-bond acceptors (Lipinski definition) is 4. The van der Waals surface area contributed by atoms with Crippen LogP contribution in [0.5, 0.6) is 5.75 Å². The molecule has 0 aliphatic carbocycles. The Hall–Kier alpha value is -2.15. The van der Waals surface area contributed by atoms with Crippen LogP contribution < -0.4 is 15.4 Å². The quantitative estimate of drug-likeness (QED) is 0.730. The maximum atomic E-state index is 14.3. The Balaban J connectivity index is 1.95. The summed E-state index contributed by atoms with van der Waals surface area (Å²) in [4.78, 5) is 25.2. The maximum absolute atomic E-state index is 14.3. The van der Waals surface area contributed by atoms with E-state index in [1.807, 2.05) is 11.8 Å². The van der Waals surface area contributed by atoms with Crippen LogP contribution in [0.15, 0.2) is 18.2 Å². The number of nitrogens with one attached hydrogen (secondary N) is 2. The van der Waals surface area contributed by atoms with Gasteiger partial charge in [0.15, 0.2) is 11.6 Å². The van der Waals surface area contributed by atoms with Gasteiger partial charge in [-0.2, -0.15) is 0 Å². The molecule has 2 amide bonds. The van der Waals surface area contributed by atoms with Crippen LogP contribution in [0, 0.1) is 5.82 Å². The molecule has 0 saturated carbocycles. The van der Waals surface area contributed by atoms with Crippen molar-refractivity contribution in [3.05, 3.63) is 29.6 Å². The van der Waals surface area contributed by atoms with Gasteiger partial charge in [0.05, 0.1) is 12.6 Å². The van der Waals surface area contributed by atoms with E-state index in [9.17, 15) is 14.0 Å². The number of nitrogens with zero attached hydrogens (tertiary/aromatic N) is 1. The number of carbonyl (C=O) groups is 2. The summed E-state index contributed by atoms with van der Waals surface area (Å²) in [5, 5.41) is 5.45. The Morgan fingerprint density at radius 3 is 2.62 bits per heavy atom. The number of likely N-dealkylation sites (tertiary alicyclic amines) is 1. The fraction of sp³-hybridized carbons (Fsp3) is 0.529. The molecule has 0 aromatic heterocycles. The summed E-state index contributed by atoms with van der Waals surface area (Å²) in [6.07, 6.45) is 0.713. The van der Waals surface area contributed by atoms with Crippen LogP contribution in [0.3, 0.4) is 0 Å². The number of amides is 2. The number of benzene rings is 1. The Bertz CT molecular complexity index is 623. The molecule has 6 nitrogen and oxygen atoms in total. The summed E-state index contributed by atoms with van der Waals surface area (Å²) >= 11 is 0. The fourth-order valence-electron chi connectivity index (χ4n) is 2.76. The van der Waals surface area contributed by atoms with Crippen molar-refractivity contribution in [3.63, 3.8) is 0 Å². The lowest BCUT2D eigenvalue weighted by molar-refractivity contribution is -0.142. The second-order valence-corrected chi connectivity index (χ2v) is 6.12. The van der Waals surface area contributed by atoms with Crippen molar-refractivity contribution in [1.29, 1.82) is 0 Å². The van der Waals surface area contributed by atoms with E-state index >= 15 is 0 Å². The van der Waals surface area contributed by atoms with E-state index in [4.69, 9.17) is 4.74 Å². The van der Waals surface area contributed by atoms with E-state index in [1.54, 1.807) is 18.2 Å². The molecule has 1 unspecified atom stereocenters. The molecular formula is C17H24FN3O3. The normalized spacial score (nSPS) is 20.2. The minimum absolute atomic E-state index is 0.109. The summed E-state index contributed by atoms with van der Waals surface area (Å²) in [7, 11) is 1.43. The van der Waals surface area contributed by atoms with Crippen molar-refractivity contribution in [2.45, 2.75) is 32.4 Å². The molecule has 132 valence electrons. The zero-order chi connectivity index (χ0) is 17.7. The van der Waals surface area contributed by atoms with Gasteiger partial charge in [0.25, 0.3) is 0 Å². The summed E-state index contributed by atoms with van der Waals surface area (Å²) in [5.74, 6) is -0.425. The van der Waals surface area contributed by atoms with E-state index in [-0.39, 0.29) is 23.4 Å². The molecular weight excluding hydrogens is 313 g/mol. The average Bonchev–Trinajstić information content (AvgIpc) is 2.55. The first kappa shape index (κ1) is 18.2. The lowest BCUT2D eigenvalue weighted by Gasteiger charge is -2.49. The third kappa shape index (κ3) is 3.84. The Kier molecular flexibility index (Phi) is 5.77. The van der Waals surface area contributed by atoms with Crippen molar-refractivity contribution in [2.75, 3.05) is 26.7 Å². The first-order valence-corrected chi connectivity index (χ1v) is 7.97. The van der Waals surface area contributed by atoms with Gasteiger partial charge in [-0.25, -0.2) is 4.39 Å². The van der Waals surface area contributed by atoms with Crippen LogP contribution in [0.25, 0.3) is 0 Å². The van der Waals surface area contributed by atoms with Gasteiger partial charge < -0.3 is 15.4 Å². The fourth-order valence-corrected chi connectivity index (χ4v) is 2.76. The van der Waals surface area contributed by atoms with E-state index in [0.29, 0.717) is 31.6 Å². The third-order valence-electron chi connectivity index (χ3n) is 4.46. The van der Waals surface area contributed by atoms with E-state index in [1.165, 1.54) is 14.0 Å². The second kappa shape index (κ2) is 7.61. The molecule has 1 fully saturated rings. The smallest absolute Gasteiger partial charge is 0.240 e. The van der Waals surface area contributed by atoms with Crippen LogP contribution in [0.1, 0.15) is 25.8 Å². The SMILES string of the molecule is COc1cccc(CN2CCC2(C)C(=O)NCCNC(C)=O)c1F. The van der Waals surface area contributed by atoms with Crippen LogP contribution in [0.4, 0.5) is 4.39 Å². The minimum Gasteiger partial charge on any atom is -0.494 e. The number of ether oxygens (including phenoxy) is 1. The predicted octanol–water partition coefficient (Wildman–Crippen LogP) is 1.05. The molecule has 1 heterocycles. The third-order valence-corrected chi connectivity index (χ3v) is 4.46. The van der Waals surface area contributed by atoms with Gasteiger partial charge in [-0.15, -0.1) is 0 Å². The van der Waals surface area contributed by atoms with Crippen molar-refractivity contribution >= 4 is 11.8 Å². The zero-order valence-electron chi connectivity index (χ0n) is 14.3. The number of methoxy groups -OCH3 is 1. The molecule has 2 rings (SSSR count). The molecule has 1 aliphatic rings. The van der Waals surface area contributed by atoms with Gasteiger partial charge in [-0.05, 0) is 19.4 Å². The number of carbonyl (C=O) groups excluding carboxylic acids is 2. The highest BCUT2D eigenvalue weighted by Gasteiger charge is 2.46. The van der Waals surface area contributed by atoms with Gasteiger partial charge in [0, 0.05) is 38.7 Å². The molecule has 2 N–H and O–H groups in total. The summed E-state index contributed by atoms with van der Waals surface area (Å²) in [6, 6.07) is 5.01. The van der Waals surface area contributed by atoms with Gasteiger partial charge in [-0.3, -0.25) is 14.5 Å². The monoisotopic (exact) mass is 337 g/mol. The lowest BCUT2D eigenvalue weighted by atomic mass is 9.85. The molecule has 0 spiro atoms. The van der Waals surface area contributed by atoms with Gasteiger partial charge in [0.2, 0.25) is 11.8 Å². The van der Waals surface area contributed by atoms with E-state index in [2.05, 4.69) is 10.6 Å². The highest BCUT2D eigenvalue weighted by molar-refractivity contribution is 5.87. The molecule has 1 aromatic rings. The largest absolute Gasteiger partial charge is 0.494 e. The predicted molar refractivity (Wildman–Crippen MR) is 88.1 cm³/mol. The van der Waals surface area contributed by atoms with E-state index < -0.39 is 5.54 Å². The topological polar surface area (TPSA) is 70.7 Å². The van der Waals surface area contributed by atoms with Gasteiger partial charge in [0.1, 0.15) is 0 Å². The van der Waals surface area contributed by atoms with Crippen LogP contribution >= 0.6 is 0 Å². The summed E-state index contributed by atoms with van der Waals surface area (Å²) < 4.78 is 19.3. The molecule has 0 radical (unpaired) electrons. The van der Waals surface area contributed by atoms with Crippen LogP contribution in [-0.4, -0.2) is 49.0 Å². The van der Waals surface area contributed by atoms with Gasteiger partial charge in [-0.1, -0.05) is 12.1 Å². The van der Waals surface area contributed by atoms with Crippen molar-refractivity contribution in [3.8, 4) is 5.75 Å². The Morgan fingerprint density at radius 1 is 1.33 bits per heavy atom.